The van der Waals surface area contributed by atoms with Crippen LogP contribution in [0.5, 0.6) is 0 Å². The van der Waals surface area contributed by atoms with E-state index in [1.807, 2.05) is 30.3 Å². The third-order valence-electron chi connectivity index (χ3n) is 4.81. The predicted octanol–water partition coefficient (Wildman–Crippen LogP) is 1.98. The average molecular weight is 369 g/mol. The first-order chi connectivity index (χ1) is 13.1. The fourth-order valence-corrected chi connectivity index (χ4v) is 3.27. The number of carbonyl (C=O) groups is 4. The van der Waals surface area contributed by atoms with E-state index in [-0.39, 0.29) is 6.54 Å². The van der Waals surface area contributed by atoms with Crippen LogP contribution in [0.4, 0.5) is 4.79 Å². The Labute approximate surface area is 158 Å². The van der Waals surface area contributed by atoms with Gasteiger partial charge in [0.15, 0.2) is 0 Å². The smallest absolute Gasteiger partial charge is 0.334 e. The van der Waals surface area contributed by atoms with Gasteiger partial charge in [-0.1, -0.05) is 42.0 Å². The zero-order valence-corrected chi connectivity index (χ0v) is 15.1. The highest BCUT2D eigenvalue weighted by Gasteiger charge is 2.44. The quantitative estimate of drug-likeness (QED) is 0.452. The third-order valence-corrected chi connectivity index (χ3v) is 4.81. The number of urea groups is 1. The van der Waals surface area contributed by atoms with Crippen molar-refractivity contribution in [3.05, 3.63) is 47.5 Å². The maximum Gasteiger partial charge on any atom is 0.334 e. The molecule has 1 heterocycles. The third kappa shape index (κ3) is 4.61. The van der Waals surface area contributed by atoms with Crippen molar-refractivity contribution in [2.75, 3.05) is 13.1 Å². The van der Waals surface area contributed by atoms with E-state index >= 15 is 0 Å². The number of hydrogen-bond acceptors (Lipinski definition) is 4. The van der Waals surface area contributed by atoms with E-state index < -0.39 is 30.3 Å². The molecule has 0 radical (unpaired) electrons. The molecular weight excluding hydrogens is 346 g/mol. The molecule has 7 nitrogen and oxygen atoms in total. The van der Waals surface area contributed by atoms with Crippen molar-refractivity contribution in [3.8, 4) is 0 Å². The Morgan fingerprint density at radius 1 is 1.00 bits per heavy atom. The van der Waals surface area contributed by atoms with Crippen LogP contribution in [0.2, 0.25) is 0 Å². The summed E-state index contributed by atoms with van der Waals surface area (Å²) in [6, 6.07) is 8.59. The van der Waals surface area contributed by atoms with Crippen molar-refractivity contribution in [1.29, 1.82) is 0 Å². The van der Waals surface area contributed by atoms with Crippen molar-refractivity contribution in [2.45, 2.75) is 38.6 Å². The topological polar surface area (TPSA) is 86.8 Å². The first-order valence-electron chi connectivity index (χ1n) is 9.22. The highest BCUT2D eigenvalue weighted by atomic mass is 16.2. The van der Waals surface area contributed by atoms with E-state index in [4.69, 9.17) is 0 Å². The molecule has 1 aliphatic carbocycles. The number of nitrogens with zero attached hydrogens (tertiary/aromatic N) is 2. The van der Waals surface area contributed by atoms with E-state index in [1.54, 1.807) is 0 Å². The summed E-state index contributed by atoms with van der Waals surface area (Å²) in [5.74, 6) is -2.27. The molecule has 1 aromatic rings. The molecule has 0 atom stereocenters. The molecule has 2 aliphatic rings. The second-order valence-electron chi connectivity index (χ2n) is 6.75. The zero-order chi connectivity index (χ0) is 19.2. The lowest BCUT2D eigenvalue weighted by Gasteiger charge is -2.17. The Morgan fingerprint density at radius 2 is 1.74 bits per heavy atom. The summed E-state index contributed by atoms with van der Waals surface area (Å²) < 4.78 is 0. The number of nitrogens with one attached hydrogen (secondary N) is 1. The molecule has 27 heavy (non-hydrogen) atoms. The lowest BCUT2D eigenvalue weighted by molar-refractivity contribution is -0.144. The molecule has 0 unspecified atom stereocenters. The highest BCUT2D eigenvalue weighted by molar-refractivity contribution is 6.45. The van der Waals surface area contributed by atoms with Crippen LogP contribution in [-0.2, 0) is 20.9 Å². The van der Waals surface area contributed by atoms with Crippen molar-refractivity contribution in [2.24, 2.45) is 0 Å². The summed E-state index contributed by atoms with van der Waals surface area (Å²) in [4.78, 5) is 50.4. The zero-order valence-electron chi connectivity index (χ0n) is 15.1. The van der Waals surface area contributed by atoms with Gasteiger partial charge in [-0.05, 0) is 37.7 Å². The van der Waals surface area contributed by atoms with E-state index in [1.165, 1.54) is 5.57 Å². The number of rotatable bonds is 7. The summed E-state index contributed by atoms with van der Waals surface area (Å²) in [5, 5.41) is 2.66. The van der Waals surface area contributed by atoms with Crippen LogP contribution in [0.15, 0.2) is 42.0 Å². The van der Waals surface area contributed by atoms with Crippen molar-refractivity contribution < 1.29 is 19.2 Å². The average Bonchev–Trinajstić information content (AvgIpc) is 2.90. The van der Waals surface area contributed by atoms with Crippen LogP contribution in [0, 0.1) is 0 Å². The summed E-state index contributed by atoms with van der Waals surface area (Å²) in [6.07, 6.45) is 6.99. The molecule has 0 bridgehead atoms. The maximum absolute atomic E-state index is 12.4. The van der Waals surface area contributed by atoms with Gasteiger partial charge in [-0.25, -0.2) is 9.69 Å². The monoisotopic (exact) mass is 369 g/mol. The Balaban J connectivity index is 1.53. The first-order valence-corrected chi connectivity index (χ1v) is 9.22. The molecule has 0 aromatic heterocycles. The molecule has 142 valence electrons. The van der Waals surface area contributed by atoms with Crippen LogP contribution in [-0.4, -0.2) is 46.6 Å². The van der Waals surface area contributed by atoms with Crippen LogP contribution in [0.1, 0.15) is 37.7 Å². The lowest BCUT2D eigenvalue weighted by atomic mass is 9.97. The Hall–Kier alpha value is -2.96. The molecule has 0 spiro atoms. The highest BCUT2D eigenvalue weighted by Crippen LogP contribution is 2.21. The van der Waals surface area contributed by atoms with Crippen LogP contribution >= 0.6 is 0 Å². The van der Waals surface area contributed by atoms with Crippen molar-refractivity contribution >= 4 is 23.8 Å². The van der Waals surface area contributed by atoms with Crippen LogP contribution < -0.4 is 5.32 Å². The normalized spacial score (nSPS) is 17.3. The van der Waals surface area contributed by atoms with Gasteiger partial charge in [0.25, 0.3) is 0 Å². The molecule has 3 rings (SSSR count). The SMILES string of the molecule is O=C(CN1C(=O)C(=O)N(CCC2=CCCCC2)C1=O)NCc1ccccc1. The van der Waals surface area contributed by atoms with Gasteiger partial charge < -0.3 is 5.32 Å². The van der Waals surface area contributed by atoms with Gasteiger partial charge >= 0.3 is 17.8 Å². The largest absolute Gasteiger partial charge is 0.350 e. The first kappa shape index (κ1) is 18.8. The summed E-state index contributed by atoms with van der Waals surface area (Å²) in [7, 11) is 0. The van der Waals surface area contributed by atoms with Crippen LogP contribution in [0.3, 0.4) is 0 Å². The van der Waals surface area contributed by atoms with Gasteiger partial charge in [0.1, 0.15) is 6.54 Å². The van der Waals surface area contributed by atoms with Gasteiger partial charge in [-0.15, -0.1) is 0 Å². The number of hydrogen-bond donors (Lipinski definition) is 1. The maximum atomic E-state index is 12.4. The number of imide groups is 2. The Morgan fingerprint density at radius 3 is 2.44 bits per heavy atom. The minimum absolute atomic E-state index is 0.178. The second-order valence-corrected chi connectivity index (χ2v) is 6.75. The molecule has 1 aromatic carbocycles. The molecule has 1 aliphatic heterocycles. The summed E-state index contributed by atoms with van der Waals surface area (Å²) >= 11 is 0. The molecular formula is C20H23N3O4. The lowest BCUT2D eigenvalue weighted by Crippen LogP contribution is -2.41. The number of benzene rings is 1. The standard InChI is InChI=1S/C20H23N3O4/c24-17(21-13-16-9-5-2-6-10-16)14-23-19(26)18(25)22(20(23)27)12-11-15-7-3-1-4-8-15/h2,5-7,9-10H,1,3-4,8,11-14H2,(H,21,24). The van der Waals surface area contributed by atoms with Gasteiger partial charge in [-0.2, -0.15) is 0 Å². The Kier molecular flexibility index (Phi) is 6.01. The van der Waals surface area contributed by atoms with E-state index in [2.05, 4.69) is 11.4 Å². The number of allylic oxidation sites excluding steroid dienone is 1. The minimum atomic E-state index is -0.938. The van der Waals surface area contributed by atoms with Gasteiger partial charge in [0.05, 0.1) is 0 Å². The van der Waals surface area contributed by atoms with Crippen molar-refractivity contribution in [1.82, 2.24) is 15.1 Å². The molecule has 7 heteroatoms. The molecule has 5 amide bonds. The minimum Gasteiger partial charge on any atom is -0.350 e. The predicted molar refractivity (Wildman–Crippen MR) is 98.3 cm³/mol. The van der Waals surface area contributed by atoms with E-state index in [0.29, 0.717) is 13.0 Å². The fraction of sp³-hybridized carbons (Fsp3) is 0.400. The fourth-order valence-electron chi connectivity index (χ4n) is 3.27. The second kappa shape index (κ2) is 8.62. The molecule has 1 saturated heterocycles. The Bertz CT molecular complexity index is 773. The molecule has 1 N–H and O–H groups in total. The molecule has 1 fully saturated rings. The summed E-state index contributed by atoms with van der Waals surface area (Å²) in [5.41, 5.74) is 2.12. The van der Waals surface area contributed by atoms with Gasteiger partial charge in [0.2, 0.25) is 5.91 Å². The van der Waals surface area contributed by atoms with Crippen molar-refractivity contribution in [3.63, 3.8) is 0 Å². The number of carbonyl (C=O) groups excluding carboxylic acids is 4. The summed E-state index contributed by atoms with van der Waals surface area (Å²) in [6.45, 7) is 0.0223. The van der Waals surface area contributed by atoms with E-state index in [9.17, 15) is 19.2 Å². The number of amides is 5. The molecule has 0 saturated carbocycles. The van der Waals surface area contributed by atoms with Gasteiger partial charge in [0, 0.05) is 13.1 Å². The van der Waals surface area contributed by atoms with Gasteiger partial charge in [-0.3, -0.25) is 19.3 Å². The van der Waals surface area contributed by atoms with E-state index in [0.717, 1.165) is 41.0 Å². The van der Waals surface area contributed by atoms with Crippen LogP contribution in [0.25, 0.3) is 0 Å².